The maximum atomic E-state index is 13.6. The number of halogens is 1. The van der Waals surface area contributed by atoms with Gasteiger partial charge in [-0.3, -0.25) is 19.5 Å². The third kappa shape index (κ3) is 5.33. The lowest BCUT2D eigenvalue weighted by Crippen LogP contribution is -2.20. The topological polar surface area (TPSA) is 115 Å². The summed E-state index contributed by atoms with van der Waals surface area (Å²) in [5.74, 6) is -0.499. The standard InChI is InChI=1S/C23H17FN6O3S/c24-20-12-5-4-7-17(20)14-25-26-21(31)15-34-23-28-27-22(29(23)18-9-2-1-3-10-18)16-8-6-11-19(13-16)30(32)33/h1-14H,15H2,(H,26,31)/b25-14+. The first-order valence-electron chi connectivity index (χ1n) is 9.98. The highest BCUT2D eigenvalue weighted by Gasteiger charge is 2.19. The van der Waals surface area contributed by atoms with Gasteiger partial charge < -0.3 is 0 Å². The summed E-state index contributed by atoms with van der Waals surface area (Å²) in [6, 6.07) is 21.4. The molecule has 1 N–H and O–H groups in total. The van der Waals surface area contributed by atoms with Crippen molar-refractivity contribution >= 4 is 29.6 Å². The van der Waals surface area contributed by atoms with Crippen LogP contribution in [-0.2, 0) is 4.79 Å². The van der Waals surface area contributed by atoms with Crippen molar-refractivity contribution in [3.63, 3.8) is 0 Å². The van der Waals surface area contributed by atoms with E-state index < -0.39 is 16.6 Å². The van der Waals surface area contributed by atoms with Gasteiger partial charge in [-0.2, -0.15) is 5.10 Å². The molecule has 3 aromatic carbocycles. The Morgan fingerprint density at radius 3 is 2.62 bits per heavy atom. The predicted octanol–water partition coefficient (Wildman–Crippen LogP) is 4.22. The molecule has 0 spiro atoms. The van der Waals surface area contributed by atoms with Crippen LogP contribution in [0.4, 0.5) is 10.1 Å². The molecule has 0 bridgehead atoms. The van der Waals surface area contributed by atoms with Crippen LogP contribution in [0, 0.1) is 15.9 Å². The molecule has 0 aliphatic carbocycles. The highest BCUT2D eigenvalue weighted by Crippen LogP contribution is 2.29. The maximum Gasteiger partial charge on any atom is 0.270 e. The molecule has 0 fully saturated rings. The molecule has 0 unspecified atom stereocenters. The lowest BCUT2D eigenvalue weighted by atomic mass is 10.2. The van der Waals surface area contributed by atoms with Gasteiger partial charge in [-0.1, -0.05) is 60.3 Å². The van der Waals surface area contributed by atoms with Gasteiger partial charge in [0, 0.05) is 28.9 Å². The number of rotatable bonds is 8. The number of carbonyl (C=O) groups is 1. The van der Waals surface area contributed by atoms with Crippen molar-refractivity contribution in [3.05, 3.63) is 100 Å². The van der Waals surface area contributed by atoms with E-state index in [0.29, 0.717) is 16.5 Å². The van der Waals surface area contributed by atoms with E-state index in [1.54, 1.807) is 28.8 Å². The van der Waals surface area contributed by atoms with Gasteiger partial charge in [0.1, 0.15) is 5.82 Å². The second-order valence-corrected chi connectivity index (χ2v) is 7.83. The zero-order valence-corrected chi connectivity index (χ0v) is 18.4. The fraction of sp³-hybridized carbons (Fsp3) is 0.0435. The van der Waals surface area contributed by atoms with Crippen LogP contribution in [-0.4, -0.2) is 37.6 Å². The Morgan fingerprint density at radius 2 is 1.85 bits per heavy atom. The molecule has 9 nitrogen and oxygen atoms in total. The van der Waals surface area contributed by atoms with Crippen molar-refractivity contribution in [1.29, 1.82) is 0 Å². The van der Waals surface area contributed by atoms with Gasteiger partial charge in [-0.15, -0.1) is 10.2 Å². The average Bonchev–Trinajstić information content (AvgIpc) is 3.28. The van der Waals surface area contributed by atoms with Gasteiger partial charge in [0.25, 0.3) is 11.6 Å². The van der Waals surface area contributed by atoms with Gasteiger partial charge >= 0.3 is 0 Å². The first-order chi connectivity index (χ1) is 16.5. The lowest BCUT2D eigenvalue weighted by molar-refractivity contribution is -0.384. The fourth-order valence-electron chi connectivity index (χ4n) is 3.03. The Morgan fingerprint density at radius 1 is 1.09 bits per heavy atom. The van der Waals surface area contributed by atoms with E-state index in [4.69, 9.17) is 0 Å². The highest BCUT2D eigenvalue weighted by atomic mass is 32.2. The summed E-state index contributed by atoms with van der Waals surface area (Å²) in [5, 5.41) is 23.8. The summed E-state index contributed by atoms with van der Waals surface area (Å²) in [5.41, 5.74) is 3.78. The normalized spacial score (nSPS) is 11.0. The molecule has 4 aromatic rings. The molecule has 0 saturated heterocycles. The van der Waals surface area contributed by atoms with Crippen LogP contribution in [0.15, 0.2) is 89.1 Å². The second kappa shape index (κ2) is 10.5. The van der Waals surface area contributed by atoms with Gasteiger partial charge in [0.2, 0.25) is 0 Å². The zero-order chi connectivity index (χ0) is 23.9. The third-order valence-corrected chi connectivity index (χ3v) is 5.52. The van der Waals surface area contributed by atoms with Gasteiger partial charge in [-0.05, 0) is 18.2 Å². The molecule has 0 saturated carbocycles. The summed E-state index contributed by atoms with van der Waals surface area (Å²) in [4.78, 5) is 23.0. The van der Waals surface area contributed by atoms with Crippen molar-refractivity contribution in [3.8, 4) is 17.1 Å². The number of hydrogen-bond donors (Lipinski definition) is 1. The fourth-order valence-corrected chi connectivity index (χ4v) is 3.78. The van der Waals surface area contributed by atoms with Crippen LogP contribution in [0.2, 0.25) is 0 Å². The molecule has 0 atom stereocenters. The molecule has 1 aromatic heterocycles. The molecule has 1 heterocycles. The number of thioether (sulfide) groups is 1. The first kappa shape index (κ1) is 22.8. The number of nitro groups is 1. The molecule has 0 aliphatic rings. The Bertz CT molecular complexity index is 1360. The number of aromatic nitrogens is 3. The average molecular weight is 476 g/mol. The van der Waals surface area contributed by atoms with Crippen LogP contribution in [0.1, 0.15) is 5.56 Å². The number of para-hydroxylation sites is 1. The molecule has 11 heteroatoms. The van der Waals surface area contributed by atoms with Crippen molar-refractivity contribution in [2.75, 3.05) is 5.75 Å². The lowest BCUT2D eigenvalue weighted by Gasteiger charge is -2.10. The Kier molecular flexibility index (Phi) is 7.04. The van der Waals surface area contributed by atoms with Crippen molar-refractivity contribution < 1.29 is 14.1 Å². The minimum atomic E-state index is -0.478. The van der Waals surface area contributed by atoms with Gasteiger partial charge in [0.05, 0.1) is 16.9 Å². The second-order valence-electron chi connectivity index (χ2n) is 6.89. The SMILES string of the molecule is O=C(CSc1nnc(-c2cccc([N+](=O)[O-])c2)n1-c1ccccc1)N/N=C/c1ccccc1F. The van der Waals surface area contributed by atoms with Crippen LogP contribution in [0.3, 0.4) is 0 Å². The van der Waals surface area contributed by atoms with Crippen LogP contribution < -0.4 is 5.43 Å². The largest absolute Gasteiger partial charge is 0.272 e. The van der Waals surface area contributed by atoms with Crippen molar-refractivity contribution in [1.82, 2.24) is 20.2 Å². The highest BCUT2D eigenvalue weighted by molar-refractivity contribution is 7.99. The summed E-state index contributed by atoms with van der Waals surface area (Å²) in [6.07, 6.45) is 1.23. The van der Waals surface area contributed by atoms with E-state index in [0.717, 1.165) is 17.4 Å². The first-order valence-corrected chi connectivity index (χ1v) is 11.0. The van der Waals surface area contributed by atoms with E-state index in [-0.39, 0.29) is 17.0 Å². The molecule has 170 valence electrons. The number of nitrogens with zero attached hydrogens (tertiary/aromatic N) is 5. The minimum Gasteiger partial charge on any atom is -0.272 e. The molecule has 0 radical (unpaired) electrons. The molecule has 4 rings (SSSR count). The Balaban J connectivity index is 1.54. The van der Waals surface area contributed by atoms with E-state index in [2.05, 4.69) is 20.7 Å². The van der Waals surface area contributed by atoms with E-state index in [1.807, 2.05) is 30.3 Å². The number of hydrogen-bond acceptors (Lipinski definition) is 7. The zero-order valence-electron chi connectivity index (χ0n) is 17.5. The summed E-state index contributed by atoms with van der Waals surface area (Å²) in [7, 11) is 0. The summed E-state index contributed by atoms with van der Waals surface area (Å²) < 4.78 is 15.4. The third-order valence-electron chi connectivity index (χ3n) is 4.59. The number of amides is 1. The molecule has 1 amide bonds. The quantitative estimate of drug-likeness (QED) is 0.176. The summed E-state index contributed by atoms with van der Waals surface area (Å²) in [6.45, 7) is 0. The molecular formula is C23H17FN6O3S. The molecular weight excluding hydrogens is 459 g/mol. The number of nitrogens with one attached hydrogen (secondary N) is 1. The predicted molar refractivity (Wildman–Crippen MR) is 126 cm³/mol. The molecule has 0 aliphatic heterocycles. The number of carbonyl (C=O) groups excluding carboxylic acids is 1. The van der Waals surface area contributed by atoms with Crippen LogP contribution >= 0.6 is 11.8 Å². The van der Waals surface area contributed by atoms with Crippen LogP contribution in [0.25, 0.3) is 17.1 Å². The number of hydrazone groups is 1. The smallest absolute Gasteiger partial charge is 0.270 e. The number of benzene rings is 3. The van der Waals surface area contributed by atoms with Crippen molar-refractivity contribution in [2.45, 2.75) is 5.16 Å². The van der Waals surface area contributed by atoms with E-state index in [1.165, 1.54) is 30.5 Å². The van der Waals surface area contributed by atoms with Gasteiger partial charge in [0.15, 0.2) is 11.0 Å². The van der Waals surface area contributed by atoms with Crippen molar-refractivity contribution in [2.24, 2.45) is 5.10 Å². The number of nitro benzene ring substituents is 1. The molecule has 34 heavy (non-hydrogen) atoms. The van der Waals surface area contributed by atoms with Gasteiger partial charge in [-0.25, -0.2) is 9.82 Å². The van der Waals surface area contributed by atoms with E-state index in [9.17, 15) is 19.3 Å². The van der Waals surface area contributed by atoms with Crippen LogP contribution in [0.5, 0.6) is 0 Å². The number of non-ortho nitro benzene ring substituents is 1. The Hall–Kier alpha value is -4.38. The summed E-state index contributed by atoms with van der Waals surface area (Å²) >= 11 is 1.12. The minimum absolute atomic E-state index is 0.0332. The monoisotopic (exact) mass is 476 g/mol. The van der Waals surface area contributed by atoms with E-state index >= 15 is 0 Å². The maximum absolute atomic E-state index is 13.6. The Labute approximate surface area is 197 Å².